The van der Waals surface area contributed by atoms with Gasteiger partial charge in [-0.15, -0.1) is 0 Å². The van der Waals surface area contributed by atoms with Crippen LogP contribution in [0.15, 0.2) is 59.7 Å². The lowest BCUT2D eigenvalue weighted by atomic mass is 10.2. The first-order valence-corrected chi connectivity index (χ1v) is 7.76. The van der Waals surface area contributed by atoms with Crippen molar-refractivity contribution >= 4 is 5.91 Å². The van der Waals surface area contributed by atoms with Crippen LogP contribution in [0.3, 0.4) is 0 Å². The highest BCUT2D eigenvalue weighted by Crippen LogP contribution is 2.12. The van der Waals surface area contributed by atoms with Crippen LogP contribution in [0.25, 0.3) is 11.3 Å². The monoisotopic (exact) mass is 356 g/mol. The maximum absolute atomic E-state index is 13.6. The second kappa shape index (κ2) is 7.64. The minimum absolute atomic E-state index is 0.0546. The molecule has 6 nitrogen and oxygen atoms in total. The van der Waals surface area contributed by atoms with Crippen molar-refractivity contribution in [2.24, 2.45) is 0 Å². The van der Waals surface area contributed by atoms with Crippen LogP contribution in [0.5, 0.6) is 0 Å². The maximum Gasteiger partial charge on any atom is 0.266 e. The van der Waals surface area contributed by atoms with Crippen molar-refractivity contribution in [3.05, 3.63) is 82.4 Å². The summed E-state index contributed by atoms with van der Waals surface area (Å²) in [7, 11) is 0. The molecule has 0 fully saturated rings. The summed E-state index contributed by atoms with van der Waals surface area (Å²) in [6.45, 7) is 0.153. The average Bonchev–Trinajstić information content (AvgIpc) is 2.64. The summed E-state index contributed by atoms with van der Waals surface area (Å²) in [5.74, 6) is -2.41. The van der Waals surface area contributed by atoms with E-state index in [0.717, 1.165) is 17.7 Å². The van der Waals surface area contributed by atoms with Gasteiger partial charge in [0.25, 0.3) is 11.5 Å². The van der Waals surface area contributed by atoms with Gasteiger partial charge >= 0.3 is 0 Å². The number of amides is 1. The number of aromatic nitrogens is 3. The fourth-order valence-electron chi connectivity index (χ4n) is 2.32. The quantitative estimate of drug-likeness (QED) is 0.759. The van der Waals surface area contributed by atoms with Crippen molar-refractivity contribution < 1.29 is 13.6 Å². The van der Waals surface area contributed by atoms with Gasteiger partial charge in [-0.1, -0.05) is 0 Å². The van der Waals surface area contributed by atoms with E-state index in [-0.39, 0.29) is 24.2 Å². The van der Waals surface area contributed by atoms with Crippen molar-refractivity contribution in [2.75, 3.05) is 6.54 Å². The summed E-state index contributed by atoms with van der Waals surface area (Å²) in [4.78, 5) is 27.9. The average molecular weight is 356 g/mol. The van der Waals surface area contributed by atoms with E-state index in [2.05, 4.69) is 15.4 Å². The molecular weight excluding hydrogens is 342 g/mol. The van der Waals surface area contributed by atoms with Gasteiger partial charge in [-0.3, -0.25) is 14.6 Å². The van der Waals surface area contributed by atoms with Crippen LogP contribution in [0.1, 0.15) is 10.4 Å². The topological polar surface area (TPSA) is 76.9 Å². The van der Waals surface area contributed by atoms with Crippen molar-refractivity contribution in [2.45, 2.75) is 6.54 Å². The molecule has 0 radical (unpaired) electrons. The van der Waals surface area contributed by atoms with Gasteiger partial charge in [-0.05, 0) is 30.3 Å². The summed E-state index contributed by atoms with van der Waals surface area (Å²) in [6, 6.07) is 9.22. The fourth-order valence-corrected chi connectivity index (χ4v) is 2.32. The summed E-state index contributed by atoms with van der Waals surface area (Å²) in [6.07, 6.45) is 3.25. The third-order valence-corrected chi connectivity index (χ3v) is 3.61. The molecule has 0 aliphatic carbocycles. The van der Waals surface area contributed by atoms with E-state index in [1.54, 1.807) is 24.5 Å². The second-order valence-electron chi connectivity index (χ2n) is 5.40. The predicted octanol–water partition coefficient (Wildman–Crippen LogP) is 2.01. The Hall–Kier alpha value is -3.42. The van der Waals surface area contributed by atoms with Crippen LogP contribution >= 0.6 is 0 Å². The number of nitrogens with zero attached hydrogens (tertiary/aromatic N) is 3. The molecular formula is C18H14F2N4O2. The SMILES string of the molecule is O=C(NCCn1nc(-c2cccnc2)ccc1=O)c1ccc(F)cc1F. The minimum atomic E-state index is -0.948. The van der Waals surface area contributed by atoms with Gasteiger partial charge in [0.2, 0.25) is 0 Å². The molecule has 3 rings (SSSR count). The van der Waals surface area contributed by atoms with E-state index < -0.39 is 17.5 Å². The van der Waals surface area contributed by atoms with Crippen LogP contribution in [0, 0.1) is 11.6 Å². The zero-order chi connectivity index (χ0) is 18.5. The number of rotatable bonds is 5. The van der Waals surface area contributed by atoms with E-state index in [0.29, 0.717) is 11.8 Å². The first-order chi connectivity index (χ1) is 12.5. The normalized spacial score (nSPS) is 10.5. The van der Waals surface area contributed by atoms with Gasteiger partial charge < -0.3 is 5.32 Å². The van der Waals surface area contributed by atoms with E-state index in [1.807, 2.05) is 6.07 Å². The number of pyridine rings is 1. The number of hydrogen-bond donors (Lipinski definition) is 1. The Labute approximate surface area is 147 Å². The van der Waals surface area contributed by atoms with Gasteiger partial charge in [0.1, 0.15) is 11.6 Å². The molecule has 0 spiro atoms. The molecule has 0 unspecified atom stereocenters. The van der Waals surface area contributed by atoms with E-state index in [1.165, 1.54) is 10.7 Å². The molecule has 0 saturated heterocycles. The van der Waals surface area contributed by atoms with E-state index in [4.69, 9.17) is 0 Å². The van der Waals surface area contributed by atoms with E-state index in [9.17, 15) is 18.4 Å². The number of hydrogen-bond acceptors (Lipinski definition) is 4. The molecule has 0 bridgehead atoms. The Balaban J connectivity index is 1.68. The van der Waals surface area contributed by atoms with Crippen molar-refractivity contribution in [1.82, 2.24) is 20.1 Å². The number of carbonyl (C=O) groups excluding carboxylic acids is 1. The smallest absolute Gasteiger partial charge is 0.266 e. The molecule has 2 heterocycles. The Kier molecular flexibility index (Phi) is 5.12. The Morgan fingerprint density at radius 3 is 2.73 bits per heavy atom. The highest BCUT2D eigenvalue weighted by molar-refractivity contribution is 5.94. The molecule has 132 valence electrons. The molecule has 0 aliphatic heterocycles. The lowest BCUT2D eigenvalue weighted by molar-refractivity contribution is 0.0947. The summed E-state index contributed by atoms with van der Waals surface area (Å²) < 4.78 is 27.7. The van der Waals surface area contributed by atoms with Gasteiger partial charge in [0.05, 0.1) is 17.8 Å². The largest absolute Gasteiger partial charge is 0.350 e. The van der Waals surface area contributed by atoms with Gasteiger partial charge in [0, 0.05) is 36.6 Å². The van der Waals surface area contributed by atoms with E-state index >= 15 is 0 Å². The first kappa shape index (κ1) is 17.4. The standard InChI is InChI=1S/C18H14F2N4O2/c19-13-3-4-14(15(20)10-13)18(26)22-8-9-24-17(25)6-5-16(23-24)12-2-1-7-21-11-12/h1-7,10-11H,8-9H2,(H,22,26). The lowest BCUT2D eigenvalue weighted by Crippen LogP contribution is -2.32. The highest BCUT2D eigenvalue weighted by Gasteiger charge is 2.12. The number of carbonyl (C=O) groups is 1. The molecule has 0 aliphatic rings. The number of halogens is 2. The predicted molar refractivity (Wildman–Crippen MR) is 90.4 cm³/mol. The molecule has 0 saturated carbocycles. The van der Waals surface area contributed by atoms with Crippen LogP contribution in [-0.4, -0.2) is 27.2 Å². The molecule has 8 heteroatoms. The Morgan fingerprint density at radius 1 is 1.15 bits per heavy atom. The van der Waals surface area contributed by atoms with Crippen molar-refractivity contribution in [3.63, 3.8) is 0 Å². The highest BCUT2D eigenvalue weighted by atomic mass is 19.1. The van der Waals surface area contributed by atoms with Gasteiger partial charge in [-0.2, -0.15) is 5.10 Å². The zero-order valence-corrected chi connectivity index (χ0v) is 13.5. The minimum Gasteiger partial charge on any atom is -0.350 e. The van der Waals surface area contributed by atoms with Crippen LogP contribution in [-0.2, 0) is 6.54 Å². The first-order valence-electron chi connectivity index (χ1n) is 7.76. The summed E-state index contributed by atoms with van der Waals surface area (Å²) >= 11 is 0. The zero-order valence-electron chi connectivity index (χ0n) is 13.5. The van der Waals surface area contributed by atoms with Gasteiger partial charge in [0.15, 0.2) is 0 Å². The molecule has 1 N–H and O–H groups in total. The third kappa shape index (κ3) is 3.97. The molecule has 26 heavy (non-hydrogen) atoms. The summed E-state index contributed by atoms with van der Waals surface area (Å²) in [5, 5.41) is 6.71. The van der Waals surface area contributed by atoms with Crippen molar-refractivity contribution in [3.8, 4) is 11.3 Å². The maximum atomic E-state index is 13.6. The van der Waals surface area contributed by atoms with Crippen molar-refractivity contribution in [1.29, 1.82) is 0 Å². The van der Waals surface area contributed by atoms with Crippen LogP contribution < -0.4 is 10.9 Å². The molecule has 3 aromatic rings. The summed E-state index contributed by atoms with van der Waals surface area (Å²) in [5.41, 5.74) is 0.711. The Bertz CT molecular complexity index is 990. The molecule has 2 aromatic heterocycles. The number of nitrogens with one attached hydrogen (secondary N) is 1. The van der Waals surface area contributed by atoms with Gasteiger partial charge in [-0.25, -0.2) is 13.5 Å². The fraction of sp³-hybridized carbons (Fsp3) is 0.111. The number of benzene rings is 1. The third-order valence-electron chi connectivity index (χ3n) is 3.61. The second-order valence-corrected chi connectivity index (χ2v) is 5.40. The molecule has 0 atom stereocenters. The molecule has 1 aromatic carbocycles. The van der Waals surface area contributed by atoms with Crippen LogP contribution in [0.4, 0.5) is 8.78 Å². The molecule has 1 amide bonds. The van der Waals surface area contributed by atoms with Crippen LogP contribution in [0.2, 0.25) is 0 Å². The Morgan fingerprint density at radius 2 is 2.00 bits per heavy atom. The lowest BCUT2D eigenvalue weighted by Gasteiger charge is -2.09.